The zero-order valence-electron chi connectivity index (χ0n) is 11.0. The molecule has 0 aliphatic heterocycles. The van der Waals surface area contributed by atoms with E-state index in [0.717, 1.165) is 24.3 Å². The maximum absolute atomic E-state index is 5.69. The second kappa shape index (κ2) is 5.36. The number of nitrogens with one attached hydrogen (secondary N) is 1. The van der Waals surface area contributed by atoms with Crippen molar-refractivity contribution >= 4 is 0 Å². The minimum atomic E-state index is 0.401. The first kappa shape index (κ1) is 12.1. The molecule has 0 spiro atoms. The van der Waals surface area contributed by atoms with Gasteiger partial charge < -0.3 is 10.1 Å². The number of benzene rings is 1. The van der Waals surface area contributed by atoms with Crippen LogP contribution >= 0.6 is 0 Å². The van der Waals surface area contributed by atoms with Gasteiger partial charge in [0.1, 0.15) is 5.75 Å². The van der Waals surface area contributed by atoms with Crippen LogP contribution in [0.1, 0.15) is 23.1 Å². The molecule has 0 atom stereocenters. The molecule has 1 aliphatic carbocycles. The van der Waals surface area contributed by atoms with E-state index in [-0.39, 0.29) is 0 Å². The number of nitrogens with zero attached hydrogens (tertiary/aromatic N) is 2. The van der Waals surface area contributed by atoms with E-state index in [1.165, 1.54) is 24.0 Å². The first-order chi connectivity index (χ1) is 9.35. The summed E-state index contributed by atoms with van der Waals surface area (Å²) in [5.74, 6) is 0.821. The van der Waals surface area contributed by atoms with Crippen LogP contribution in [-0.2, 0) is 19.4 Å². The van der Waals surface area contributed by atoms with Crippen LogP contribution in [0.25, 0.3) is 0 Å². The quantitative estimate of drug-likeness (QED) is 0.911. The Morgan fingerprint density at radius 1 is 1.16 bits per heavy atom. The molecule has 1 aliphatic rings. The van der Waals surface area contributed by atoms with Gasteiger partial charge in [-0.15, -0.1) is 0 Å². The summed E-state index contributed by atoms with van der Waals surface area (Å²) < 4.78 is 5.69. The lowest BCUT2D eigenvalue weighted by molar-refractivity contribution is 0.440. The van der Waals surface area contributed by atoms with Crippen LogP contribution in [0.4, 0.5) is 0 Å². The Morgan fingerprint density at radius 2 is 1.95 bits per heavy atom. The van der Waals surface area contributed by atoms with Gasteiger partial charge in [0.05, 0.1) is 0 Å². The molecule has 4 nitrogen and oxygen atoms in total. The average Bonchev–Trinajstić information content (AvgIpc) is 2.89. The number of aromatic nitrogens is 2. The van der Waals surface area contributed by atoms with Crippen molar-refractivity contribution in [2.45, 2.75) is 25.8 Å². The van der Waals surface area contributed by atoms with E-state index in [1.807, 2.05) is 13.1 Å². The van der Waals surface area contributed by atoms with Gasteiger partial charge in [-0.05, 0) is 49.6 Å². The Hall–Kier alpha value is -1.94. The molecule has 3 rings (SSSR count). The molecule has 0 saturated carbocycles. The Labute approximate surface area is 112 Å². The van der Waals surface area contributed by atoms with Gasteiger partial charge in [-0.25, -0.2) is 9.97 Å². The molecule has 0 amide bonds. The lowest BCUT2D eigenvalue weighted by atomic mass is 10.1. The summed E-state index contributed by atoms with van der Waals surface area (Å²) in [5, 5.41) is 3.06. The SMILES string of the molecule is CNCc1cnc(Oc2ccc3c(c2)CCC3)nc1. The lowest BCUT2D eigenvalue weighted by Crippen LogP contribution is -2.06. The molecule has 2 aromatic rings. The zero-order chi connectivity index (χ0) is 13.1. The lowest BCUT2D eigenvalue weighted by Gasteiger charge is -2.06. The summed E-state index contributed by atoms with van der Waals surface area (Å²) in [6.45, 7) is 0.763. The molecule has 0 unspecified atom stereocenters. The van der Waals surface area contributed by atoms with Crippen molar-refractivity contribution < 1.29 is 4.74 Å². The molecule has 1 heterocycles. The largest absolute Gasteiger partial charge is 0.424 e. The van der Waals surface area contributed by atoms with Crippen LogP contribution < -0.4 is 10.1 Å². The molecule has 1 aromatic carbocycles. The molecular weight excluding hydrogens is 238 g/mol. The normalized spacial score (nSPS) is 13.3. The highest BCUT2D eigenvalue weighted by Gasteiger charge is 2.11. The predicted molar refractivity (Wildman–Crippen MR) is 73.3 cm³/mol. The molecular formula is C15H17N3O. The number of aryl methyl sites for hydroxylation is 2. The third-order valence-electron chi connectivity index (χ3n) is 3.34. The van der Waals surface area contributed by atoms with Gasteiger partial charge in [-0.3, -0.25) is 0 Å². The molecule has 0 saturated heterocycles. The van der Waals surface area contributed by atoms with Crippen LogP contribution in [0.15, 0.2) is 30.6 Å². The summed E-state index contributed by atoms with van der Waals surface area (Å²) in [6.07, 6.45) is 7.14. The van der Waals surface area contributed by atoms with Crippen molar-refractivity contribution in [1.29, 1.82) is 0 Å². The summed E-state index contributed by atoms with van der Waals surface area (Å²) in [6, 6.07) is 6.65. The highest BCUT2D eigenvalue weighted by atomic mass is 16.5. The Kier molecular flexibility index (Phi) is 3.42. The maximum atomic E-state index is 5.69. The van der Waals surface area contributed by atoms with Gasteiger partial charge in [-0.1, -0.05) is 6.07 Å². The van der Waals surface area contributed by atoms with Crippen LogP contribution in [-0.4, -0.2) is 17.0 Å². The first-order valence-corrected chi connectivity index (χ1v) is 6.60. The highest BCUT2D eigenvalue weighted by molar-refractivity contribution is 5.39. The van der Waals surface area contributed by atoms with Crippen LogP contribution in [0.5, 0.6) is 11.8 Å². The summed E-state index contributed by atoms with van der Waals surface area (Å²) >= 11 is 0. The van der Waals surface area contributed by atoms with Crippen molar-refractivity contribution in [2.24, 2.45) is 0 Å². The summed E-state index contributed by atoms with van der Waals surface area (Å²) in [7, 11) is 1.90. The van der Waals surface area contributed by atoms with Gasteiger partial charge in [0, 0.05) is 24.5 Å². The Bertz CT molecular complexity index is 566. The number of fused-ring (bicyclic) bond motifs is 1. The van der Waals surface area contributed by atoms with Crippen molar-refractivity contribution in [2.75, 3.05) is 7.05 Å². The second-order valence-electron chi connectivity index (χ2n) is 4.79. The first-order valence-electron chi connectivity index (χ1n) is 6.60. The topological polar surface area (TPSA) is 47.0 Å². The Balaban J connectivity index is 1.74. The van der Waals surface area contributed by atoms with Crippen LogP contribution in [0.2, 0.25) is 0 Å². The van der Waals surface area contributed by atoms with Gasteiger partial charge in [-0.2, -0.15) is 0 Å². The third-order valence-corrected chi connectivity index (χ3v) is 3.34. The number of ether oxygens (including phenoxy) is 1. The second-order valence-corrected chi connectivity index (χ2v) is 4.79. The van der Waals surface area contributed by atoms with Crippen molar-refractivity contribution in [3.63, 3.8) is 0 Å². The van der Waals surface area contributed by atoms with Gasteiger partial charge in [0.15, 0.2) is 0 Å². The molecule has 98 valence electrons. The number of hydrogen-bond acceptors (Lipinski definition) is 4. The fourth-order valence-electron chi connectivity index (χ4n) is 2.41. The van der Waals surface area contributed by atoms with Gasteiger partial charge in [0.25, 0.3) is 0 Å². The van der Waals surface area contributed by atoms with E-state index in [4.69, 9.17) is 4.74 Å². The van der Waals surface area contributed by atoms with Crippen LogP contribution in [0.3, 0.4) is 0 Å². The number of rotatable bonds is 4. The number of hydrogen-bond donors (Lipinski definition) is 1. The zero-order valence-corrected chi connectivity index (χ0v) is 11.0. The molecule has 1 aromatic heterocycles. The minimum absolute atomic E-state index is 0.401. The smallest absolute Gasteiger partial charge is 0.321 e. The highest BCUT2D eigenvalue weighted by Crippen LogP contribution is 2.27. The monoisotopic (exact) mass is 255 g/mol. The fraction of sp³-hybridized carbons (Fsp3) is 0.333. The average molecular weight is 255 g/mol. The van der Waals surface area contributed by atoms with E-state index >= 15 is 0 Å². The van der Waals surface area contributed by atoms with Crippen molar-refractivity contribution in [3.05, 3.63) is 47.3 Å². The van der Waals surface area contributed by atoms with Crippen molar-refractivity contribution in [3.8, 4) is 11.8 Å². The minimum Gasteiger partial charge on any atom is -0.424 e. The van der Waals surface area contributed by atoms with E-state index < -0.39 is 0 Å². The van der Waals surface area contributed by atoms with E-state index in [1.54, 1.807) is 12.4 Å². The van der Waals surface area contributed by atoms with Crippen molar-refractivity contribution in [1.82, 2.24) is 15.3 Å². The van der Waals surface area contributed by atoms with E-state index in [0.29, 0.717) is 6.01 Å². The van der Waals surface area contributed by atoms with Crippen LogP contribution in [0, 0.1) is 0 Å². The molecule has 19 heavy (non-hydrogen) atoms. The predicted octanol–water partition coefficient (Wildman–Crippen LogP) is 2.48. The van der Waals surface area contributed by atoms with Gasteiger partial charge in [0.2, 0.25) is 0 Å². The Morgan fingerprint density at radius 3 is 2.74 bits per heavy atom. The molecule has 0 bridgehead atoms. The molecule has 0 radical (unpaired) electrons. The fourth-order valence-corrected chi connectivity index (χ4v) is 2.41. The molecule has 1 N–H and O–H groups in total. The third kappa shape index (κ3) is 2.74. The summed E-state index contributed by atoms with van der Waals surface area (Å²) in [5.41, 5.74) is 3.88. The van der Waals surface area contributed by atoms with E-state index in [2.05, 4.69) is 27.4 Å². The standard InChI is InChI=1S/C15H17N3O/c1-16-8-11-9-17-15(18-10-11)19-14-6-5-12-3-2-4-13(12)7-14/h5-7,9-10,16H,2-4,8H2,1H3. The van der Waals surface area contributed by atoms with Gasteiger partial charge >= 0.3 is 6.01 Å². The molecule has 0 fully saturated rings. The maximum Gasteiger partial charge on any atom is 0.321 e. The van der Waals surface area contributed by atoms with E-state index in [9.17, 15) is 0 Å². The summed E-state index contributed by atoms with van der Waals surface area (Å²) in [4.78, 5) is 8.43. The molecule has 4 heteroatoms.